The molecule has 5 aliphatic heterocycles. The van der Waals surface area contributed by atoms with Crippen molar-refractivity contribution in [3.8, 4) is 11.1 Å². The molecule has 3 aromatic carbocycles. The summed E-state index contributed by atoms with van der Waals surface area (Å²) in [6.07, 6.45) is 7.52. The highest BCUT2D eigenvalue weighted by atomic mass is 16.3. The van der Waals surface area contributed by atoms with Gasteiger partial charge in [0.25, 0.3) is 5.91 Å². The second-order valence-corrected chi connectivity index (χ2v) is 17.4. The molecule has 0 radical (unpaired) electrons. The van der Waals surface area contributed by atoms with Crippen molar-refractivity contribution in [1.29, 1.82) is 0 Å². The molecule has 5 aliphatic rings. The van der Waals surface area contributed by atoms with Gasteiger partial charge >= 0.3 is 0 Å². The molecule has 4 amide bonds. The second-order valence-electron chi connectivity index (χ2n) is 17.4. The highest BCUT2D eigenvalue weighted by Crippen LogP contribution is 2.48. The molecule has 4 atom stereocenters. The number of aliphatic hydroxyl groups excluding tert-OH is 1. The van der Waals surface area contributed by atoms with Crippen LogP contribution in [0.15, 0.2) is 85.2 Å². The van der Waals surface area contributed by atoms with Crippen LogP contribution in [-0.2, 0) is 27.5 Å². The number of imide groups is 1. The van der Waals surface area contributed by atoms with E-state index in [1.54, 1.807) is 4.90 Å². The average molecular weight is 840 g/mol. The summed E-state index contributed by atoms with van der Waals surface area (Å²) in [7, 11) is 0. The van der Waals surface area contributed by atoms with Gasteiger partial charge in [0.15, 0.2) is 0 Å². The Morgan fingerprint density at radius 2 is 1.63 bits per heavy atom. The number of piperidine rings is 1. The molecule has 3 fully saturated rings. The lowest BCUT2D eigenvalue weighted by Gasteiger charge is -2.39. The number of anilines is 3. The summed E-state index contributed by atoms with van der Waals surface area (Å²) in [5.74, 6) is -0.504. The van der Waals surface area contributed by atoms with E-state index in [0.29, 0.717) is 30.9 Å². The molecule has 14 nitrogen and oxygen atoms in total. The Bertz CT molecular complexity index is 2280. The largest absolute Gasteiger partial charge is 0.394 e. The number of aromatic nitrogens is 1. The highest BCUT2D eigenvalue weighted by molar-refractivity contribution is 6.06. The van der Waals surface area contributed by atoms with Crippen LogP contribution in [0.25, 0.3) is 11.1 Å². The van der Waals surface area contributed by atoms with Crippen LogP contribution in [-0.4, -0.2) is 124 Å². The number of carbonyl (C=O) groups is 4. The predicted molar refractivity (Wildman–Crippen MR) is 238 cm³/mol. The fourth-order valence-corrected chi connectivity index (χ4v) is 10.2. The maximum atomic E-state index is 13.2. The molecule has 3 saturated heterocycles. The number of hydrogen-bond acceptors (Lipinski definition) is 11. The van der Waals surface area contributed by atoms with Crippen LogP contribution < -0.4 is 21.3 Å². The van der Waals surface area contributed by atoms with E-state index in [4.69, 9.17) is 0 Å². The Kier molecular flexibility index (Phi) is 12.6. The number of fused-ring (bicyclic) bond motifs is 4. The van der Waals surface area contributed by atoms with Crippen molar-refractivity contribution in [3.63, 3.8) is 0 Å². The molecule has 1 unspecified atom stereocenters. The van der Waals surface area contributed by atoms with E-state index in [0.717, 1.165) is 112 Å². The van der Waals surface area contributed by atoms with Crippen LogP contribution in [0.1, 0.15) is 71.6 Å². The number of carbonyl (C=O) groups excluding carboxylic acids is 4. The second kappa shape index (κ2) is 18.7. The van der Waals surface area contributed by atoms with Crippen LogP contribution in [0.5, 0.6) is 0 Å². The first kappa shape index (κ1) is 41.7. The maximum Gasteiger partial charge on any atom is 0.255 e. The van der Waals surface area contributed by atoms with Crippen molar-refractivity contribution in [1.82, 2.24) is 29.9 Å². The number of likely N-dealkylation sites (tertiary alicyclic amines) is 1. The zero-order valence-corrected chi connectivity index (χ0v) is 35.2. The van der Waals surface area contributed by atoms with E-state index >= 15 is 0 Å². The van der Waals surface area contributed by atoms with Gasteiger partial charge < -0.3 is 35.8 Å². The molecule has 0 aliphatic carbocycles. The number of hydrogen-bond donors (Lipinski definition) is 5. The zero-order valence-electron chi connectivity index (χ0n) is 35.2. The molecule has 62 heavy (non-hydrogen) atoms. The van der Waals surface area contributed by atoms with E-state index < -0.39 is 11.9 Å². The first-order valence-electron chi connectivity index (χ1n) is 22.3. The van der Waals surface area contributed by atoms with Gasteiger partial charge in [0.05, 0.1) is 12.6 Å². The lowest BCUT2D eigenvalue weighted by molar-refractivity contribution is -0.137. The minimum atomic E-state index is -0.620. The fraction of sp³-hybridized carbons (Fsp3) is 0.438. The number of piperazine rings is 1. The number of rotatable bonds is 15. The maximum absolute atomic E-state index is 13.2. The quantitative estimate of drug-likeness (QED) is 0.0834. The van der Waals surface area contributed by atoms with Crippen molar-refractivity contribution in [2.24, 2.45) is 5.92 Å². The van der Waals surface area contributed by atoms with E-state index in [-0.39, 0.29) is 42.8 Å². The smallest absolute Gasteiger partial charge is 0.255 e. The van der Waals surface area contributed by atoms with Crippen molar-refractivity contribution in [3.05, 3.63) is 107 Å². The third-order valence-electron chi connectivity index (χ3n) is 13.5. The summed E-state index contributed by atoms with van der Waals surface area (Å²) in [5, 5.41) is 23.0. The standard InChI is InChI=1S/C48H57N9O5/c58-31-42-37-16-22-56(29-32-14-18-49-19-15-32)46(37)38-28-34(10-11-41(38)52-42)33-5-1-6-35(27-33)51-44(59)9-3-20-54-23-25-55(26-24-54)21-4-17-50-40-8-2-7-36-39(40)30-57(48(36)62)43-12-13-45(60)53-47(43)61/h1-2,5-8,10-11,14-15,18-19,27-28,37,42-43,46,50,52,58H,3-4,9,12-13,16-17,20-26,29-31H2,(H,51,59)(H,53,60,61)/t37-,42-,43?,46-/m1/s1. The Morgan fingerprint density at radius 3 is 2.42 bits per heavy atom. The van der Waals surface area contributed by atoms with E-state index in [1.165, 1.54) is 11.1 Å². The molecule has 0 saturated carbocycles. The third-order valence-corrected chi connectivity index (χ3v) is 13.5. The minimum absolute atomic E-state index is 0.0199. The van der Waals surface area contributed by atoms with Gasteiger partial charge in [-0.15, -0.1) is 0 Å². The SMILES string of the molecule is O=C1CCC(N2Cc3c(NCCCN4CCN(CCCC(=O)Nc5cccc(-c6ccc7c(c6)[C@H]6[C@H](CCN6Cc6ccncc6)[C@@H](CO)N7)c5)CC4)cccc3C2=O)C(=O)N1. The minimum Gasteiger partial charge on any atom is -0.394 e. The number of aliphatic hydroxyl groups is 1. The van der Waals surface area contributed by atoms with E-state index in [1.807, 2.05) is 42.7 Å². The number of nitrogens with one attached hydrogen (secondary N) is 4. The van der Waals surface area contributed by atoms with Gasteiger partial charge in [-0.1, -0.05) is 24.3 Å². The van der Waals surface area contributed by atoms with Crippen LogP contribution in [0.2, 0.25) is 0 Å². The summed E-state index contributed by atoms with van der Waals surface area (Å²) < 4.78 is 0. The van der Waals surface area contributed by atoms with Gasteiger partial charge in [-0.25, -0.2) is 0 Å². The first-order chi connectivity index (χ1) is 30.3. The van der Waals surface area contributed by atoms with Crippen LogP contribution in [0.4, 0.5) is 17.1 Å². The van der Waals surface area contributed by atoms with Gasteiger partial charge in [0, 0.05) is 111 Å². The average Bonchev–Trinajstić information content (AvgIpc) is 3.86. The summed E-state index contributed by atoms with van der Waals surface area (Å²) in [4.78, 5) is 63.7. The van der Waals surface area contributed by atoms with Crippen molar-refractivity contribution in [2.75, 3.05) is 74.9 Å². The molecule has 5 N–H and O–H groups in total. The Balaban J connectivity index is 0.708. The lowest BCUT2D eigenvalue weighted by Crippen LogP contribution is -2.52. The molecular weight excluding hydrogens is 783 g/mol. The molecular formula is C48H57N9O5. The van der Waals surface area contributed by atoms with Crippen LogP contribution >= 0.6 is 0 Å². The summed E-state index contributed by atoms with van der Waals surface area (Å²) >= 11 is 0. The first-order valence-corrected chi connectivity index (χ1v) is 22.3. The topological polar surface area (TPSA) is 162 Å². The molecule has 9 rings (SSSR count). The third kappa shape index (κ3) is 9.10. The predicted octanol–water partition coefficient (Wildman–Crippen LogP) is 4.70. The molecule has 14 heteroatoms. The van der Waals surface area contributed by atoms with Gasteiger partial charge in [-0.3, -0.25) is 34.4 Å². The monoisotopic (exact) mass is 839 g/mol. The normalized spacial score (nSPS) is 22.7. The van der Waals surface area contributed by atoms with Gasteiger partial charge in [0.1, 0.15) is 6.04 Å². The molecule has 0 spiro atoms. The summed E-state index contributed by atoms with van der Waals surface area (Å²) in [5.41, 5.74) is 8.96. The number of pyridine rings is 1. The Labute approximate surface area is 363 Å². The van der Waals surface area contributed by atoms with Gasteiger partial charge in [-0.05, 0) is 116 Å². The van der Waals surface area contributed by atoms with Crippen molar-refractivity contribution < 1.29 is 24.3 Å². The summed E-state index contributed by atoms with van der Waals surface area (Å²) in [6.45, 7) is 8.81. The Morgan fingerprint density at radius 1 is 0.855 bits per heavy atom. The molecule has 324 valence electrons. The van der Waals surface area contributed by atoms with Crippen LogP contribution in [0.3, 0.4) is 0 Å². The van der Waals surface area contributed by atoms with Crippen LogP contribution in [0, 0.1) is 5.92 Å². The molecule has 1 aromatic heterocycles. The van der Waals surface area contributed by atoms with E-state index in [2.05, 4.69) is 83.4 Å². The summed E-state index contributed by atoms with van der Waals surface area (Å²) in [6, 6.07) is 24.1. The molecule has 4 aromatic rings. The number of nitrogens with zero attached hydrogens (tertiary/aromatic N) is 5. The van der Waals surface area contributed by atoms with Gasteiger partial charge in [0.2, 0.25) is 17.7 Å². The van der Waals surface area contributed by atoms with Crippen molar-refractivity contribution in [2.45, 2.75) is 69.7 Å². The number of amides is 4. The fourth-order valence-electron chi connectivity index (χ4n) is 10.2. The zero-order chi connectivity index (χ0) is 42.6. The van der Waals surface area contributed by atoms with Crippen molar-refractivity contribution >= 4 is 40.7 Å². The Hall–Kier alpha value is -5.67. The number of benzene rings is 3. The van der Waals surface area contributed by atoms with E-state index in [9.17, 15) is 24.3 Å². The molecule has 0 bridgehead atoms. The highest BCUT2D eigenvalue weighted by Gasteiger charge is 2.44. The van der Waals surface area contributed by atoms with Gasteiger partial charge in [-0.2, -0.15) is 0 Å². The molecule has 6 heterocycles. The lowest BCUT2D eigenvalue weighted by atomic mass is 9.82.